The van der Waals surface area contributed by atoms with Crippen molar-refractivity contribution in [1.29, 1.82) is 0 Å². The SMILES string of the molecule is CC(C)(C)c1ccc(CC(C)(C)c2ccccc2C(F)(F)F)cc1O. The molecule has 136 valence electrons. The molecule has 2 aromatic carbocycles. The van der Waals surface area contributed by atoms with Crippen molar-refractivity contribution in [3.63, 3.8) is 0 Å². The summed E-state index contributed by atoms with van der Waals surface area (Å²) < 4.78 is 40.0. The Labute approximate surface area is 147 Å². The second kappa shape index (κ2) is 6.40. The second-order valence-electron chi connectivity index (χ2n) is 8.21. The molecule has 0 heterocycles. The van der Waals surface area contributed by atoms with Crippen LogP contribution in [0.3, 0.4) is 0 Å². The zero-order valence-corrected chi connectivity index (χ0v) is 15.3. The fraction of sp³-hybridized carbons (Fsp3) is 0.429. The van der Waals surface area contributed by atoms with Crippen molar-refractivity contribution in [2.45, 2.75) is 58.0 Å². The van der Waals surface area contributed by atoms with Crippen LogP contribution < -0.4 is 0 Å². The number of hydrogen-bond donors (Lipinski definition) is 1. The van der Waals surface area contributed by atoms with Crippen molar-refractivity contribution in [3.05, 3.63) is 64.7 Å². The normalized spacial score (nSPS) is 13.1. The van der Waals surface area contributed by atoms with Gasteiger partial charge in [-0.25, -0.2) is 0 Å². The maximum Gasteiger partial charge on any atom is 0.416 e. The van der Waals surface area contributed by atoms with E-state index in [0.29, 0.717) is 6.42 Å². The van der Waals surface area contributed by atoms with Gasteiger partial charge in [0.05, 0.1) is 5.56 Å². The standard InChI is InChI=1S/C21H25F3O/c1-19(2,3)17-11-10-14(12-18(17)25)13-20(4,5)15-8-6-7-9-16(15)21(22,23)24/h6-12,25H,13H2,1-5H3. The fourth-order valence-corrected chi connectivity index (χ4v) is 3.25. The first kappa shape index (κ1) is 19.4. The molecule has 0 bridgehead atoms. The molecule has 1 nitrogen and oxygen atoms in total. The smallest absolute Gasteiger partial charge is 0.416 e. The summed E-state index contributed by atoms with van der Waals surface area (Å²) >= 11 is 0. The van der Waals surface area contributed by atoms with Crippen LogP contribution in [0, 0.1) is 0 Å². The van der Waals surface area contributed by atoms with Gasteiger partial charge in [0.2, 0.25) is 0 Å². The van der Waals surface area contributed by atoms with Crippen LogP contribution in [0.5, 0.6) is 5.75 Å². The molecule has 0 aromatic heterocycles. The molecule has 1 N–H and O–H groups in total. The molecule has 0 spiro atoms. The van der Waals surface area contributed by atoms with Gasteiger partial charge in [0.1, 0.15) is 5.75 Å². The third-order valence-corrected chi connectivity index (χ3v) is 4.48. The van der Waals surface area contributed by atoms with Crippen molar-refractivity contribution in [2.24, 2.45) is 0 Å². The van der Waals surface area contributed by atoms with Crippen molar-refractivity contribution in [3.8, 4) is 5.75 Å². The topological polar surface area (TPSA) is 20.2 Å². The highest BCUT2D eigenvalue weighted by Gasteiger charge is 2.37. The van der Waals surface area contributed by atoms with Crippen molar-refractivity contribution >= 4 is 0 Å². The molecule has 0 fully saturated rings. The molecule has 0 aliphatic heterocycles. The van der Waals surface area contributed by atoms with Crippen molar-refractivity contribution in [1.82, 2.24) is 0 Å². The van der Waals surface area contributed by atoms with E-state index in [1.54, 1.807) is 26.0 Å². The molecule has 2 aromatic rings. The Morgan fingerprint density at radius 1 is 0.800 bits per heavy atom. The highest BCUT2D eigenvalue weighted by atomic mass is 19.4. The molecule has 0 saturated heterocycles. The number of aromatic hydroxyl groups is 1. The Morgan fingerprint density at radius 2 is 1.36 bits per heavy atom. The van der Waals surface area contributed by atoms with Gasteiger partial charge in [0.15, 0.2) is 0 Å². The summed E-state index contributed by atoms with van der Waals surface area (Å²) in [4.78, 5) is 0. The van der Waals surface area contributed by atoms with E-state index in [4.69, 9.17) is 0 Å². The van der Waals surface area contributed by atoms with Crippen molar-refractivity contribution in [2.75, 3.05) is 0 Å². The van der Waals surface area contributed by atoms with E-state index in [1.165, 1.54) is 12.1 Å². The molecule has 0 saturated carbocycles. The van der Waals surface area contributed by atoms with Crippen LogP contribution in [0.25, 0.3) is 0 Å². The van der Waals surface area contributed by atoms with Gasteiger partial charge < -0.3 is 5.11 Å². The first-order chi connectivity index (χ1) is 11.3. The second-order valence-corrected chi connectivity index (χ2v) is 8.21. The summed E-state index contributed by atoms with van der Waals surface area (Å²) in [6.07, 6.45) is -3.98. The lowest BCUT2D eigenvalue weighted by atomic mass is 9.76. The maximum atomic E-state index is 13.3. The molecular weight excluding hydrogens is 325 g/mol. The summed E-state index contributed by atoms with van der Waals surface area (Å²) in [5.74, 6) is 0.185. The number of phenolic OH excluding ortho intramolecular Hbond substituents is 1. The zero-order valence-electron chi connectivity index (χ0n) is 15.3. The van der Waals surface area contributed by atoms with E-state index in [-0.39, 0.29) is 16.7 Å². The van der Waals surface area contributed by atoms with E-state index < -0.39 is 17.2 Å². The lowest BCUT2D eigenvalue weighted by molar-refractivity contribution is -0.138. The third-order valence-electron chi connectivity index (χ3n) is 4.48. The highest BCUT2D eigenvalue weighted by molar-refractivity contribution is 5.43. The van der Waals surface area contributed by atoms with Gasteiger partial charge in [-0.3, -0.25) is 0 Å². The minimum Gasteiger partial charge on any atom is -0.508 e. The Morgan fingerprint density at radius 3 is 1.84 bits per heavy atom. The minimum atomic E-state index is -4.38. The van der Waals surface area contributed by atoms with Crippen molar-refractivity contribution < 1.29 is 18.3 Å². The van der Waals surface area contributed by atoms with E-state index in [9.17, 15) is 18.3 Å². The number of alkyl halides is 3. The summed E-state index contributed by atoms with van der Waals surface area (Å²) in [5.41, 5.74) is 0.387. The Hall–Kier alpha value is -1.97. The van der Waals surface area contributed by atoms with Gasteiger partial charge in [0.25, 0.3) is 0 Å². The number of rotatable bonds is 3. The summed E-state index contributed by atoms with van der Waals surface area (Å²) in [7, 11) is 0. The Balaban J connectivity index is 2.39. The Bertz CT molecular complexity index is 752. The zero-order chi connectivity index (χ0) is 19.0. The Kier molecular flexibility index (Phi) is 4.95. The number of benzene rings is 2. The van der Waals surface area contributed by atoms with Crippen LogP contribution in [-0.4, -0.2) is 5.11 Å². The average Bonchev–Trinajstić information content (AvgIpc) is 2.44. The van der Waals surface area contributed by atoms with Gasteiger partial charge in [-0.15, -0.1) is 0 Å². The summed E-state index contributed by atoms with van der Waals surface area (Å²) in [6, 6.07) is 11.1. The minimum absolute atomic E-state index is 0.185. The number of halogens is 3. The van der Waals surface area contributed by atoms with E-state index in [1.807, 2.05) is 32.9 Å². The lowest BCUT2D eigenvalue weighted by Crippen LogP contribution is -2.25. The molecule has 2 rings (SSSR count). The van der Waals surface area contributed by atoms with E-state index >= 15 is 0 Å². The highest BCUT2D eigenvalue weighted by Crippen LogP contribution is 2.40. The molecule has 0 radical (unpaired) electrons. The third kappa shape index (κ3) is 4.36. The van der Waals surface area contributed by atoms with Crippen LogP contribution in [0.15, 0.2) is 42.5 Å². The molecule has 0 aliphatic rings. The van der Waals surface area contributed by atoms with Gasteiger partial charge in [0, 0.05) is 0 Å². The van der Waals surface area contributed by atoms with E-state index in [2.05, 4.69) is 0 Å². The molecular formula is C21H25F3O. The molecule has 25 heavy (non-hydrogen) atoms. The molecule has 4 heteroatoms. The monoisotopic (exact) mass is 350 g/mol. The van der Waals surface area contributed by atoms with Gasteiger partial charge in [-0.1, -0.05) is 65.0 Å². The van der Waals surface area contributed by atoms with Crippen LogP contribution in [0.4, 0.5) is 13.2 Å². The lowest BCUT2D eigenvalue weighted by Gasteiger charge is -2.29. The van der Waals surface area contributed by atoms with Crippen LogP contribution >= 0.6 is 0 Å². The maximum absolute atomic E-state index is 13.3. The quantitative estimate of drug-likeness (QED) is 0.696. The largest absolute Gasteiger partial charge is 0.508 e. The van der Waals surface area contributed by atoms with Gasteiger partial charge in [-0.2, -0.15) is 13.2 Å². The predicted octanol–water partition coefficient (Wildman–Crippen LogP) is 6.23. The predicted molar refractivity (Wildman–Crippen MR) is 95.0 cm³/mol. The summed E-state index contributed by atoms with van der Waals surface area (Å²) in [5, 5.41) is 10.3. The van der Waals surface area contributed by atoms with Crippen LogP contribution in [0.1, 0.15) is 56.9 Å². The first-order valence-corrected chi connectivity index (χ1v) is 8.31. The van der Waals surface area contributed by atoms with Crippen LogP contribution in [0.2, 0.25) is 0 Å². The molecule has 0 aliphatic carbocycles. The fourth-order valence-electron chi connectivity index (χ4n) is 3.25. The van der Waals surface area contributed by atoms with Gasteiger partial charge >= 0.3 is 6.18 Å². The average molecular weight is 350 g/mol. The van der Waals surface area contributed by atoms with Crippen LogP contribution in [-0.2, 0) is 23.4 Å². The van der Waals surface area contributed by atoms with Gasteiger partial charge in [-0.05, 0) is 46.1 Å². The summed E-state index contributed by atoms with van der Waals surface area (Å²) in [6.45, 7) is 9.61. The molecule has 0 atom stereocenters. The number of hydrogen-bond acceptors (Lipinski definition) is 1. The van der Waals surface area contributed by atoms with E-state index in [0.717, 1.165) is 17.2 Å². The first-order valence-electron chi connectivity index (χ1n) is 8.31. The number of phenols is 1. The molecule has 0 amide bonds. The molecule has 0 unspecified atom stereocenters.